The zero-order chi connectivity index (χ0) is 20.5. The second-order valence-electron chi connectivity index (χ2n) is 6.34. The Morgan fingerprint density at radius 1 is 1.00 bits per heavy atom. The molecule has 3 rings (SSSR count). The average molecular weight is 392 g/mol. The number of carbonyl (C=O) groups is 1. The van der Waals surface area contributed by atoms with Gasteiger partial charge in [0.05, 0.1) is 26.1 Å². The van der Waals surface area contributed by atoms with Crippen molar-refractivity contribution in [2.75, 3.05) is 26.1 Å². The Morgan fingerprint density at radius 2 is 1.86 bits per heavy atom. The van der Waals surface area contributed by atoms with Crippen LogP contribution in [0.15, 0.2) is 61.1 Å². The van der Waals surface area contributed by atoms with E-state index in [4.69, 9.17) is 9.47 Å². The number of ether oxygens (including phenoxy) is 2. The third kappa shape index (κ3) is 5.68. The van der Waals surface area contributed by atoms with Gasteiger partial charge in [0.15, 0.2) is 11.5 Å². The Kier molecular flexibility index (Phi) is 7.00. The number of anilines is 1. The molecule has 7 heteroatoms. The highest BCUT2D eigenvalue weighted by molar-refractivity contribution is 5.92. The second kappa shape index (κ2) is 10.1. The van der Waals surface area contributed by atoms with Gasteiger partial charge in [-0.2, -0.15) is 0 Å². The highest BCUT2D eigenvalue weighted by Gasteiger charge is 2.08. The van der Waals surface area contributed by atoms with Crippen LogP contribution in [0.5, 0.6) is 11.5 Å². The lowest BCUT2D eigenvalue weighted by Gasteiger charge is -2.10. The van der Waals surface area contributed by atoms with E-state index in [-0.39, 0.29) is 5.91 Å². The van der Waals surface area contributed by atoms with Crippen LogP contribution in [0.4, 0.5) is 5.69 Å². The molecular formula is C22H24N4O3. The number of benzene rings is 1. The van der Waals surface area contributed by atoms with Crippen molar-refractivity contribution in [2.45, 2.75) is 13.0 Å². The van der Waals surface area contributed by atoms with Crippen LogP contribution in [0.1, 0.15) is 21.6 Å². The minimum atomic E-state index is -0.204. The third-order valence-corrected chi connectivity index (χ3v) is 4.36. The Bertz CT molecular complexity index is 931. The monoisotopic (exact) mass is 392 g/mol. The lowest BCUT2D eigenvalue weighted by atomic mass is 10.1. The molecule has 1 aromatic carbocycles. The fraction of sp³-hybridized carbons (Fsp3) is 0.227. The summed E-state index contributed by atoms with van der Waals surface area (Å²) in [6, 6.07) is 13.2. The summed E-state index contributed by atoms with van der Waals surface area (Å²) in [4.78, 5) is 20.6. The molecule has 0 spiro atoms. The van der Waals surface area contributed by atoms with Crippen molar-refractivity contribution in [2.24, 2.45) is 0 Å². The van der Waals surface area contributed by atoms with E-state index in [1.54, 1.807) is 38.9 Å². The van der Waals surface area contributed by atoms with Crippen LogP contribution in [-0.2, 0) is 13.0 Å². The number of carbonyl (C=O) groups excluding carboxylic acids is 1. The molecule has 0 bridgehead atoms. The van der Waals surface area contributed by atoms with E-state index in [9.17, 15) is 4.79 Å². The average Bonchev–Trinajstić information content (AvgIpc) is 2.78. The lowest BCUT2D eigenvalue weighted by Crippen LogP contribution is -2.26. The molecular weight excluding hydrogens is 368 g/mol. The Labute approximate surface area is 170 Å². The molecule has 0 saturated carbocycles. The predicted molar refractivity (Wildman–Crippen MR) is 111 cm³/mol. The van der Waals surface area contributed by atoms with E-state index in [2.05, 4.69) is 20.6 Å². The number of hydrogen-bond donors (Lipinski definition) is 2. The summed E-state index contributed by atoms with van der Waals surface area (Å²) >= 11 is 0. The standard InChI is InChI=1S/C22H24N4O3/c1-28-20-8-5-16(12-21(20)29-2)9-11-24-22(27)19-7-6-18(15-26-19)25-14-17-4-3-10-23-13-17/h3-8,10,12-13,15,25H,9,11,14H2,1-2H3,(H,24,27). The van der Waals surface area contributed by atoms with Crippen molar-refractivity contribution < 1.29 is 14.3 Å². The zero-order valence-electron chi connectivity index (χ0n) is 16.5. The van der Waals surface area contributed by atoms with E-state index in [1.807, 2.05) is 36.4 Å². The minimum absolute atomic E-state index is 0.204. The van der Waals surface area contributed by atoms with Crippen LogP contribution in [-0.4, -0.2) is 36.6 Å². The van der Waals surface area contributed by atoms with Crippen LogP contribution in [0.25, 0.3) is 0 Å². The topological polar surface area (TPSA) is 85.4 Å². The first kappa shape index (κ1) is 20.1. The normalized spacial score (nSPS) is 10.3. The van der Waals surface area contributed by atoms with Crippen LogP contribution in [0.3, 0.4) is 0 Å². The van der Waals surface area contributed by atoms with E-state index in [0.717, 1.165) is 16.8 Å². The van der Waals surface area contributed by atoms with Gasteiger partial charge in [-0.25, -0.2) is 4.98 Å². The van der Waals surface area contributed by atoms with Gasteiger partial charge in [-0.1, -0.05) is 12.1 Å². The zero-order valence-corrected chi connectivity index (χ0v) is 16.5. The van der Waals surface area contributed by atoms with Crippen molar-refractivity contribution >= 4 is 11.6 Å². The number of pyridine rings is 2. The Hall–Kier alpha value is -3.61. The summed E-state index contributed by atoms with van der Waals surface area (Å²) < 4.78 is 10.5. The van der Waals surface area contributed by atoms with Gasteiger partial charge in [0.2, 0.25) is 0 Å². The van der Waals surface area contributed by atoms with Crippen molar-refractivity contribution in [3.8, 4) is 11.5 Å². The van der Waals surface area contributed by atoms with Gasteiger partial charge in [0.1, 0.15) is 5.69 Å². The first-order valence-corrected chi connectivity index (χ1v) is 9.27. The number of aromatic nitrogens is 2. The predicted octanol–water partition coefficient (Wildman–Crippen LogP) is 3.08. The summed E-state index contributed by atoms with van der Waals surface area (Å²) in [5, 5.41) is 6.14. The summed E-state index contributed by atoms with van der Waals surface area (Å²) in [7, 11) is 3.20. The van der Waals surface area contributed by atoms with E-state index >= 15 is 0 Å². The molecule has 0 unspecified atom stereocenters. The SMILES string of the molecule is COc1ccc(CCNC(=O)c2ccc(NCc3cccnc3)cn2)cc1OC. The highest BCUT2D eigenvalue weighted by atomic mass is 16.5. The van der Waals surface area contributed by atoms with Gasteiger partial charge < -0.3 is 20.1 Å². The second-order valence-corrected chi connectivity index (χ2v) is 6.34. The van der Waals surface area contributed by atoms with Crippen LogP contribution in [0, 0.1) is 0 Å². The van der Waals surface area contributed by atoms with E-state index in [0.29, 0.717) is 36.7 Å². The molecule has 0 aliphatic heterocycles. The van der Waals surface area contributed by atoms with Crippen LogP contribution < -0.4 is 20.1 Å². The molecule has 2 aromatic heterocycles. The maximum atomic E-state index is 12.3. The molecule has 3 aromatic rings. The molecule has 29 heavy (non-hydrogen) atoms. The molecule has 0 saturated heterocycles. The van der Waals surface area contributed by atoms with E-state index < -0.39 is 0 Å². The van der Waals surface area contributed by atoms with Gasteiger partial charge in [-0.15, -0.1) is 0 Å². The lowest BCUT2D eigenvalue weighted by molar-refractivity contribution is 0.0949. The number of methoxy groups -OCH3 is 2. The fourth-order valence-corrected chi connectivity index (χ4v) is 2.79. The maximum Gasteiger partial charge on any atom is 0.269 e. The summed E-state index contributed by atoms with van der Waals surface area (Å²) in [6.07, 6.45) is 5.88. The van der Waals surface area contributed by atoms with E-state index in [1.165, 1.54) is 0 Å². The maximum absolute atomic E-state index is 12.3. The quantitative estimate of drug-likeness (QED) is 0.582. The highest BCUT2D eigenvalue weighted by Crippen LogP contribution is 2.27. The van der Waals surface area contributed by atoms with Crippen molar-refractivity contribution in [3.05, 3.63) is 77.9 Å². The molecule has 2 N–H and O–H groups in total. The minimum Gasteiger partial charge on any atom is -0.493 e. The van der Waals surface area contributed by atoms with Gasteiger partial charge in [-0.05, 0) is 47.9 Å². The fourth-order valence-electron chi connectivity index (χ4n) is 2.79. The molecule has 150 valence electrons. The third-order valence-electron chi connectivity index (χ3n) is 4.36. The Balaban J connectivity index is 1.48. The first-order valence-electron chi connectivity index (χ1n) is 9.27. The number of hydrogen-bond acceptors (Lipinski definition) is 6. The number of nitrogens with one attached hydrogen (secondary N) is 2. The largest absolute Gasteiger partial charge is 0.493 e. The smallest absolute Gasteiger partial charge is 0.269 e. The number of rotatable bonds is 9. The molecule has 0 aliphatic rings. The molecule has 0 aliphatic carbocycles. The molecule has 0 atom stereocenters. The Morgan fingerprint density at radius 3 is 2.55 bits per heavy atom. The van der Waals surface area contributed by atoms with Crippen LogP contribution >= 0.6 is 0 Å². The van der Waals surface area contributed by atoms with Crippen molar-refractivity contribution in [1.82, 2.24) is 15.3 Å². The van der Waals surface area contributed by atoms with Crippen molar-refractivity contribution in [3.63, 3.8) is 0 Å². The molecule has 0 radical (unpaired) electrons. The van der Waals surface area contributed by atoms with Gasteiger partial charge >= 0.3 is 0 Å². The van der Waals surface area contributed by atoms with Gasteiger partial charge in [0.25, 0.3) is 5.91 Å². The van der Waals surface area contributed by atoms with Crippen LogP contribution in [0.2, 0.25) is 0 Å². The van der Waals surface area contributed by atoms with Crippen molar-refractivity contribution in [1.29, 1.82) is 0 Å². The number of nitrogens with zero attached hydrogens (tertiary/aromatic N) is 2. The molecule has 2 heterocycles. The first-order chi connectivity index (χ1) is 14.2. The van der Waals surface area contributed by atoms with Gasteiger partial charge in [-0.3, -0.25) is 9.78 Å². The summed E-state index contributed by atoms with van der Waals surface area (Å²) in [6.45, 7) is 1.14. The van der Waals surface area contributed by atoms with Gasteiger partial charge in [0, 0.05) is 25.5 Å². The molecule has 1 amide bonds. The number of amides is 1. The summed E-state index contributed by atoms with van der Waals surface area (Å²) in [5.74, 6) is 1.15. The summed E-state index contributed by atoms with van der Waals surface area (Å²) in [5.41, 5.74) is 3.34. The molecule has 7 nitrogen and oxygen atoms in total. The molecule has 0 fully saturated rings.